The maximum atomic E-state index is 12.6. The van der Waals surface area contributed by atoms with Crippen molar-refractivity contribution in [1.82, 2.24) is 9.62 Å². The number of nitrogens with one attached hydrogen (secondary N) is 1. The molecule has 1 N–H and O–H groups in total. The van der Waals surface area contributed by atoms with Gasteiger partial charge in [-0.1, -0.05) is 31.5 Å². The SMILES string of the molecule is CC(C)c1ccc(Cl)c(S(=O)(=O)N2CCNCC2)c1. The number of hydrogen-bond acceptors (Lipinski definition) is 3. The van der Waals surface area contributed by atoms with Gasteiger partial charge in [0.1, 0.15) is 4.90 Å². The van der Waals surface area contributed by atoms with E-state index in [0.29, 0.717) is 31.2 Å². The first kappa shape index (κ1) is 14.8. The number of halogens is 1. The van der Waals surface area contributed by atoms with Crippen LogP contribution in [0.4, 0.5) is 0 Å². The van der Waals surface area contributed by atoms with Crippen molar-refractivity contribution in [3.05, 3.63) is 28.8 Å². The van der Waals surface area contributed by atoms with Gasteiger partial charge in [-0.15, -0.1) is 0 Å². The fourth-order valence-electron chi connectivity index (χ4n) is 2.10. The summed E-state index contributed by atoms with van der Waals surface area (Å²) in [6.07, 6.45) is 0. The van der Waals surface area contributed by atoms with Crippen LogP contribution in [-0.4, -0.2) is 38.9 Å². The van der Waals surface area contributed by atoms with E-state index in [4.69, 9.17) is 11.6 Å². The average Bonchev–Trinajstić information content (AvgIpc) is 2.39. The highest BCUT2D eigenvalue weighted by Gasteiger charge is 2.28. The van der Waals surface area contributed by atoms with Crippen LogP contribution in [0.3, 0.4) is 0 Å². The quantitative estimate of drug-likeness (QED) is 0.930. The van der Waals surface area contributed by atoms with Gasteiger partial charge >= 0.3 is 0 Å². The number of piperazine rings is 1. The van der Waals surface area contributed by atoms with Gasteiger partial charge in [0.15, 0.2) is 0 Å². The van der Waals surface area contributed by atoms with E-state index in [2.05, 4.69) is 5.32 Å². The Labute approximate surface area is 119 Å². The molecule has 0 aromatic heterocycles. The van der Waals surface area contributed by atoms with Crippen molar-refractivity contribution in [2.24, 2.45) is 0 Å². The molecule has 106 valence electrons. The second-order valence-electron chi connectivity index (χ2n) is 5.00. The fraction of sp³-hybridized carbons (Fsp3) is 0.538. The highest BCUT2D eigenvalue weighted by atomic mass is 35.5. The lowest BCUT2D eigenvalue weighted by Gasteiger charge is -2.27. The Bertz CT molecular complexity index is 552. The third-order valence-electron chi connectivity index (χ3n) is 3.32. The molecule has 0 amide bonds. The van der Waals surface area contributed by atoms with Crippen LogP contribution < -0.4 is 5.32 Å². The zero-order valence-electron chi connectivity index (χ0n) is 11.2. The van der Waals surface area contributed by atoms with Crippen LogP contribution in [0.1, 0.15) is 25.3 Å². The van der Waals surface area contributed by atoms with E-state index in [0.717, 1.165) is 5.56 Å². The molecular weight excluding hydrogens is 284 g/mol. The molecule has 1 heterocycles. The molecule has 0 unspecified atom stereocenters. The van der Waals surface area contributed by atoms with Crippen molar-refractivity contribution in [2.45, 2.75) is 24.7 Å². The van der Waals surface area contributed by atoms with Crippen molar-refractivity contribution in [3.63, 3.8) is 0 Å². The minimum absolute atomic E-state index is 0.224. The first-order valence-corrected chi connectivity index (χ1v) is 8.25. The summed E-state index contributed by atoms with van der Waals surface area (Å²) in [6, 6.07) is 5.25. The smallest absolute Gasteiger partial charge is 0.244 e. The van der Waals surface area contributed by atoms with Gasteiger partial charge < -0.3 is 5.32 Å². The summed E-state index contributed by atoms with van der Waals surface area (Å²) in [7, 11) is -3.49. The molecule has 0 bridgehead atoms. The van der Waals surface area contributed by atoms with E-state index in [1.54, 1.807) is 12.1 Å². The van der Waals surface area contributed by atoms with E-state index in [1.165, 1.54) is 4.31 Å². The lowest BCUT2D eigenvalue weighted by Crippen LogP contribution is -2.46. The number of benzene rings is 1. The Hall–Kier alpha value is -0.620. The summed E-state index contributed by atoms with van der Waals surface area (Å²) in [6.45, 7) is 6.41. The van der Waals surface area contributed by atoms with Crippen LogP contribution in [0, 0.1) is 0 Å². The number of hydrogen-bond donors (Lipinski definition) is 1. The van der Waals surface area contributed by atoms with E-state index >= 15 is 0 Å². The van der Waals surface area contributed by atoms with Crippen LogP contribution in [0.25, 0.3) is 0 Å². The third-order valence-corrected chi connectivity index (χ3v) is 5.70. The predicted octanol–water partition coefficient (Wildman–Crippen LogP) is 2.06. The van der Waals surface area contributed by atoms with Crippen molar-refractivity contribution in [1.29, 1.82) is 0 Å². The largest absolute Gasteiger partial charge is 0.314 e. The molecule has 2 rings (SSSR count). The topological polar surface area (TPSA) is 49.4 Å². The molecule has 6 heteroatoms. The molecule has 1 saturated heterocycles. The molecule has 1 aromatic carbocycles. The van der Waals surface area contributed by atoms with Gasteiger partial charge in [0.05, 0.1) is 5.02 Å². The van der Waals surface area contributed by atoms with Gasteiger partial charge in [-0.25, -0.2) is 8.42 Å². The standard InChI is InChI=1S/C13H19ClN2O2S/c1-10(2)11-3-4-12(14)13(9-11)19(17,18)16-7-5-15-6-8-16/h3-4,9-10,15H,5-8H2,1-2H3. The van der Waals surface area contributed by atoms with Crippen molar-refractivity contribution >= 4 is 21.6 Å². The summed E-state index contributed by atoms with van der Waals surface area (Å²) < 4.78 is 26.7. The molecule has 1 aromatic rings. The van der Waals surface area contributed by atoms with Crippen LogP contribution in [0.5, 0.6) is 0 Å². The van der Waals surface area contributed by atoms with Gasteiger partial charge in [-0.2, -0.15) is 4.31 Å². The Morgan fingerprint density at radius 3 is 2.47 bits per heavy atom. The minimum atomic E-state index is -3.49. The Morgan fingerprint density at radius 1 is 1.26 bits per heavy atom. The zero-order valence-corrected chi connectivity index (χ0v) is 12.8. The van der Waals surface area contributed by atoms with Crippen molar-refractivity contribution < 1.29 is 8.42 Å². The normalized spacial score (nSPS) is 17.9. The molecule has 19 heavy (non-hydrogen) atoms. The van der Waals surface area contributed by atoms with Gasteiger partial charge in [-0.3, -0.25) is 0 Å². The van der Waals surface area contributed by atoms with E-state index in [-0.39, 0.29) is 10.8 Å². The van der Waals surface area contributed by atoms with E-state index < -0.39 is 10.0 Å². The zero-order chi connectivity index (χ0) is 14.0. The number of sulfonamides is 1. The first-order valence-electron chi connectivity index (χ1n) is 6.43. The monoisotopic (exact) mass is 302 g/mol. The molecule has 0 atom stereocenters. The highest BCUT2D eigenvalue weighted by molar-refractivity contribution is 7.89. The van der Waals surface area contributed by atoms with Crippen molar-refractivity contribution in [2.75, 3.05) is 26.2 Å². The number of nitrogens with zero attached hydrogens (tertiary/aromatic N) is 1. The summed E-state index contributed by atoms with van der Waals surface area (Å²) in [4.78, 5) is 0.224. The molecule has 0 radical (unpaired) electrons. The molecule has 0 saturated carbocycles. The van der Waals surface area contributed by atoms with Crippen LogP contribution >= 0.6 is 11.6 Å². The Morgan fingerprint density at radius 2 is 1.89 bits per heavy atom. The summed E-state index contributed by atoms with van der Waals surface area (Å²) in [5.41, 5.74) is 0.984. The Balaban J connectivity index is 2.41. The molecule has 1 aliphatic rings. The maximum Gasteiger partial charge on any atom is 0.244 e. The van der Waals surface area contributed by atoms with Crippen molar-refractivity contribution in [3.8, 4) is 0 Å². The van der Waals surface area contributed by atoms with Crippen LogP contribution in [0.15, 0.2) is 23.1 Å². The fourth-order valence-corrected chi connectivity index (χ4v) is 4.05. The molecular formula is C13H19ClN2O2S. The van der Waals surface area contributed by atoms with Gasteiger partial charge in [0.25, 0.3) is 0 Å². The average molecular weight is 303 g/mol. The van der Waals surface area contributed by atoms with E-state index in [9.17, 15) is 8.42 Å². The second kappa shape index (κ2) is 5.79. The molecule has 1 aliphatic heterocycles. The minimum Gasteiger partial charge on any atom is -0.314 e. The summed E-state index contributed by atoms with van der Waals surface area (Å²) in [5.74, 6) is 0.272. The molecule has 1 fully saturated rings. The summed E-state index contributed by atoms with van der Waals surface area (Å²) in [5, 5.41) is 3.44. The van der Waals surface area contributed by atoms with Gasteiger partial charge in [0, 0.05) is 26.2 Å². The second-order valence-corrected chi connectivity index (χ2v) is 7.31. The van der Waals surface area contributed by atoms with Crippen LogP contribution in [-0.2, 0) is 10.0 Å². The lowest BCUT2D eigenvalue weighted by atomic mass is 10.0. The van der Waals surface area contributed by atoms with Gasteiger partial charge in [-0.05, 0) is 23.6 Å². The molecule has 4 nitrogen and oxygen atoms in total. The van der Waals surface area contributed by atoms with Gasteiger partial charge in [0.2, 0.25) is 10.0 Å². The van der Waals surface area contributed by atoms with E-state index in [1.807, 2.05) is 19.9 Å². The molecule has 0 aliphatic carbocycles. The maximum absolute atomic E-state index is 12.6. The summed E-state index contributed by atoms with van der Waals surface area (Å²) >= 11 is 6.08. The Kier molecular flexibility index (Phi) is 4.50. The highest BCUT2D eigenvalue weighted by Crippen LogP contribution is 2.28. The first-order chi connectivity index (χ1) is 8.93. The van der Waals surface area contributed by atoms with Crippen LogP contribution in [0.2, 0.25) is 5.02 Å². The predicted molar refractivity (Wildman–Crippen MR) is 77.2 cm³/mol. The number of rotatable bonds is 3. The molecule has 0 spiro atoms. The third kappa shape index (κ3) is 3.11. The lowest BCUT2D eigenvalue weighted by molar-refractivity contribution is 0.360.